The van der Waals surface area contributed by atoms with Crippen molar-refractivity contribution in [3.05, 3.63) is 16.3 Å². The fourth-order valence-electron chi connectivity index (χ4n) is 1.12. The molecule has 0 bridgehead atoms. The first kappa shape index (κ1) is 12.0. The highest BCUT2D eigenvalue weighted by atomic mass is 32.1. The predicted octanol–water partition coefficient (Wildman–Crippen LogP) is 1.37. The molecule has 0 fully saturated rings. The maximum absolute atomic E-state index is 11.0. The second-order valence-electron chi connectivity index (χ2n) is 3.03. The van der Waals surface area contributed by atoms with Gasteiger partial charge in [0.1, 0.15) is 0 Å². The van der Waals surface area contributed by atoms with Gasteiger partial charge in [0.05, 0.1) is 13.0 Å². The number of nitrogens with one attached hydrogen (secondary N) is 1. The van der Waals surface area contributed by atoms with Crippen LogP contribution >= 0.6 is 11.3 Å². The summed E-state index contributed by atoms with van der Waals surface area (Å²) in [4.78, 5) is 12.1. The van der Waals surface area contributed by atoms with E-state index in [1.54, 1.807) is 18.3 Å². The standard InChI is InChI=1S/C10H16N2O2S/c1-2-14-10(13)3-5-12-7-9-8(11)4-6-15-9/h4,6,12H,2-3,5,7,11H2,1H3. The summed E-state index contributed by atoms with van der Waals surface area (Å²) in [6, 6.07) is 1.88. The summed E-state index contributed by atoms with van der Waals surface area (Å²) in [5, 5.41) is 5.10. The minimum Gasteiger partial charge on any atom is -0.466 e. The van der Waals surface area contributed by atoms with E-state index >= 15 is 0 Å². The SMILES string of the molecule is CCOC(=O)CCNCc1sccc1N. The van der Waals surface area contributed by atoms with Crippen LogP contribution in [-0.2, 0) is 16.1 Å². The molecular weight excluding hydrogens is 212 g/mol. The Hall–Kier alpha value is -1.07. The third kappa shape index (κ3) is 4.31. The third-order valence-corrected chi connectivity index (χ3v) is 2.81. The van der Waals surface area contributed by atoms with Gasteiger partial charge in [-0.25, -0.2) is 0 Å². The Bertz CT molecular complexity index is 312. The predicted molar refractivity (Wildman–Crippen MR) is 61.7 cm³/mol. The minimum absolute atomic E-state index is 0.163. The van der Waals surface area contributed by atoms with E-state index in [9.17, 15) is 4.79 Å². The van der Waals surface area contributed by atoms with E-state index in [1.165, 1.54) is 0 Å². The second kappa shape index (κ2) is 6.42. The normalized spacial score (nSPS) is 10.2. The largest absolute Gasteiger partial charge is 0.466 e. The van der Waals surface area contributed by atoms with Gasteiger partial charge in [-0.15, -0.1) is 11.3 Å². The van der Waals surface area contributed by atoms with Crippen molar-refractivity contribution in [3.8, 4) is 0 Å². The molecule has 1 heterocycles. The summed E-state index contributed by atoms with van der Waals surface area (Å²) in [6.45, 7) is 3.58. The number of carbonyl (C=O) groups is 1. The van der Waals surface area contributed by atoms with Gasteiger partial charge >= 0.3 is 5.97 Å². The van der Waals surface area contributed by atoms with Crippen LogP contribution < -0.4 is 11.1 Å². The zero-order chi connectivity index (χ0) is 11.1. The molecule has 84 valence electrons. The second-order valence-corrected chi connectivity index (χ2v) is 4.03. The van der Waals surface area contributed by atoms with Crippen molar-refractivity contribution in [2.45, 2.75) is 19.9 Å². The number of rotatable bonds is 6. The molecule has 0 saturated carbocycles. The number of carbonyl (C=O) groups excluding carboxylic acids is 1. The molecule has 1 aromatic rings. The fourth-order valence-corrected chi connectivity index (χ4v) is 1.89. The van der Waals surface area contributed by atoms with Crippen molar-refractivity contribution in [3.63, 3.8) is 0 Å². The lowest BCUT2D eigenvalue weighted by atomic mass is 10.3. The van der Waals surface area contributed by atoms with E-state index in [1.807, 2.05) is 11.4 Å². The van der Waals surface area contributed by atoms with Crippen molar-refractivity contribution in [1.82, 2.24) is 5.32 Å². The van der Waals surface area contributed by atoms with E-state index in [0.29, 0.717) is 26.1 Å². The van der Waals surface area contributed by atoms with E-state index in [-0.39, 0.29) is 5.97 Å². The Morgan fingerprint density at radius 2 is 2.47 bits per heavy atom. The summed E-state index contributed by atoms with van der Waals surface area (Å²) in [5.41, 5.74) is 6.52. The third-order valence-electron chi connectivity index (χ3n) is 1.88. The topological polar surface area (TPSA) is 64.3 Å². The number of ether oxygens (including phenoxy) is 1. The molecule has 0 aromatic carbocycles. The van der Waals surface area contributed by atoms with Gasteiger partial charge in [-0.1, -0.05) is 0 Å². The molecule has 0 amide bonds. The first-order valence-electron chi connectivity index (χ1n) is 4.92. The summed E-state index contributed by atoms with van der Waals surface area (Å²) in [5.74, 6) is -0.163. The molecule has 0 aliphatic rings. The van der Waals surface area contributed by atoms with Crippen LogP contribution in [0.25, 0.3) is 0 Å². The maximum atomic E-state index is 11.0. The van der Waals surface area contributed by atoms with Gasteiger partial charge in [0.15, 0.2) is 0 Å². The van der Waals surface area contributed by atoms with Gasteiger partial charge in [0, 0.05) is 23.7 Å². The molecular formula is C10H16N2O2S. The van der Waals surface area contributed by atoms with Gasteiger partial charge in [-0.2, -0.15) is 0 Å². The van der Waals surface area contributed by atoms with Crippen LogP contribution in [0.2, 0.25) is 0 Å². The summed E-state index contributed by atoms with van der Waals surface area (Å²) >= 11 is 1.61. The monoisotopic (exact) mass is 228 g/mol. The van der Waals surface area contributed by atoms with Crippen LogP contribution in [0.15, 0.2) is 11.4 Å². The number of nitrogen functional groups attached to an aromatic ring is 1. The molecule has 1 rings (SSSR count). The van der Waals surface area contributed by atoms with Crippen molar-refractivity contribution < 1.29 is 9.53 Å². The van der Waals surface area contributed by atoms with Crippen molar-refractivity contribution in [2.75, 3.05) is 18.9 Å². The first-order valence-corrected chi connectivity index (χ1v) is 5.80. The first-order chi connectivity index (χ1) is 7.24. The number of anilines is 1. The maximum Gasteiger partial charge on any atom is 0.307 e. The summed E-state index contributed by atoms with van der Waals surface area (Å²) < 4.78 is 4.80. The van der Waals surface area contributed by atoms with E-state index in [2.05, 4.69) is 5.32 Å². The highest BCUT2D eigenvalue weighted by molar-refractivity contribution is 7.10. The van der Waals surface area contributed by atoms with Crippen LogP contribution in [0.4, 0.5) is 5.69 Å². The lowest BCUT2D eigenvalue weighted by Gasteiger charge is -2.03. The molecule has 15 heavy (non-hydrogen) atoms. The number of nitrogens with two attached hydrogens (primary N) is 1. The molecule has 0 atom stereocenters. The molecule has 0 saturated heterocycles. The molecule has 0 aliphatic heterocycles. The van der Waals surface area contributed by atoms with Crippen LogP contribution in [0.1, 0.15) is 18.2 Å². The van der Waals surface area contributed by atoms with Crippen LogP contribution in [-0.4, -0.2) is 19.1 Å². The average Bonchev–Trinajstić information content (AvgIpc) is 2.60. The molecule has 1 aromatic heterocycles. The minimum atomic E-state index is -0.163. The lowest BCUT2D eigenvalue weighted by Crippen LogP contribution is -2.18. The van der Waals surface area contributed by atoms with Crippen LogP contribution in [0.5, 0.6) is 0 Å². The molecule has 4 nitrogen and oxygen atoms in total. The Labute approximate surface area is 93.4 Å². The average molecular weight is 228 g/mol. The zero-order valence-corrected chi connectivity index (χ0v) is 9.60. The highest BCUT2D eigenvalue weighted by Crippen LogP contribution is 2.17. The fraction of sp³-hybridized carbons (Fsp3) is 0.500. The van der Waals surface area contributed by atoms with Crippen molar-refractivity contribution in [1.29, 1.82) is 0 Å². The molecule has 0 aliphatic carbocycles. The van der Waals surface area contributed by atoms with Gasteiger partial charge in [-0.05, 0) is 18.4 Å². The van der Waals surface area contributed by atoms with Gasteiger partial charge in [0.2, 0.25) is 0 Å². The Balaban J connectivity index is 2.12. The summed E-state index contributed by atoms with van der Waals surface area (Å²) in [6.07, 6.45) is 0.402. The Morgan fingerprint density at radius 1 is 1.67 bits per heavy atom. The van der Waals surface area contributed by atoms with E-state index < -0.39 is 0 Å². The summed E-state index contributed by atoms with van der Waals surface area (Å²) in [7, 11) is 0. The smallest absolute Gasteiger partial charge is 0.307 e. The number of thiophene rings is 1. The van der Waals surface area contributed by atoms with Crippen LogP contribution in [0, 0.1) is 0 Å². The van der Waals surface area contributed by atoms with Crippen molar-refractivity contribution >= 4 is 23.0 Å². The van der Waals surface area contributed by atoms with Crippen molar-refractivity contribution in [2.24, 2.45) is 0 Å². The van der Waals surface area contributed by atoms with Crippen LogP contribution in [0.3, 0.4) is 0 Å². The molecule has 0 unspecified atom stereocenters. The highest BCUT2D eigenvalue weighted by Gasteiger charge is 2.02. The van der Waals surface area contributed by atoms with Gasteiger partial charge in [0.25, 0.3) is 0 Å². The number of esters is 1. The van der Waals surface area contributed by atoms with E-state index in [4.69, 9.17) is 10.5 Å². The Morgan fingerprint density at radius 3 is 3.07 bits per heavy atom. The Kier molecular flexibility index (Phi) is 5.14. The molecule has 0 radical (unpaired) electrons. The lowest BCUT2D eigenvalue weighted by molar-refractivity contribution is -0.142. The quantitative estimate of drug-likeness (QED) is 0.570. The number of hydrogen-bond acceptors (Lipinski definition) is 5. The zero-order valence-electron chi connectivity index (χ0n) is 8.79. The number of hydrogen-bond donors (Lipinski definition) is 2. The van der Waals surface area contributed by atoms with Gasteiger partial charge < -0.3 is 15.8 Å². The van der Waals surface area contributed by atoms with E-state index in [0.717, 1.165) is 10.6 Å². The molecule has 3 N–H and O–H groups in total. The molecule has 0 spiro atoms. The van der Waals surface area contributed by atoms with Gasteiger partial charge in [-0.3, -0.25) is 4.79 Å². The molecule has 5 heteroatoms.